The number of anilines is 1. The van der Waals surface area contributed by atoms with Gasteiger partial charge >= 0.3 is 0 Å². The zero-order chi connectivity index (χ0) is 26.0. The summed E-state index contributed by atoms with van der Waals surface area (Å²) in [5.74, 6) is -1.10. The summed E-state index contributed by atoms with van der Waals surface area (Å²) < 4.78 is 46.9. The average Bonchev–Trinajstić information content (AvgIpc) is 3.46. The van der Waals surface area contributed by atoms with E-state index in [1.165, 1.54) is 7.11 Å². The zero-order valence-corrected chi connectivity index (χ0v) is 22.2. The molecule has 8 nitrogen and oxygen atoms in total. The first-order valence-electron chi connectivity index (χ1n) is 12.0. The Morgan fingerprint density at radius 1 is 1.31 bits per heavy atom. The molecule has 1 aliphatic rings. The first kappa shape index (κ1) is 26.0. The predicted octanol–water partition coefficient (Wildman–Crippen LogP) is 5.25. The van der Waals surface area contributed by atoms with E-state index < -0.39 is 31.9 Å². The molecule has 1 amide bonds. The lowest BCUT2D eigenvalue weighted by Gasteiger charge is -2.15. The van der Waals surface area contributed by atoms with Crippen molar-refractivity contribution < 1.29 is 27.8 Å². The monoisotopic (exact) mass is 518 g/mol. The molecule has 0 radical (unpaired) electrons. The number of hydrogen-bond acceptors (Lipinski definition) is 6. The Balaban J connectivity index is 1.76. The molecule has 1 N–H and O–H groups in total. The van der Waals surface area contributed by atoms with E-state index in [1.807, 2.05) is 0 Å². The molecule has 3 aromatic rings. The molecular weight excluding hydrogens is 486 g/mol. The number of rotatable bonds is 11. The number of halogens is 2. The van der Waals surface area contributed by atoms with Crippen LogP contribution in [0.2, 0.25) is 25.7 Å². The smallest absolute Gasteiger partial charge is 0.231 e. The number of carbonyl (C=O) groups is 1. The van der Waals surface area contributed by atoms with Crippen LogP contribution in [0.3, 0.4) is 0 Å². The van der Waals surface area contributed by atoms with Crippen LogP contribution in [-0.2, 0) is 16.3 Å². The zero-order valence-electron chi connectivity index (χ0n) is 21.2. The fourth-order valence-electron chi connectivity index (χ4n) is 3.86. The van der Waals surface area contributed by atoms with Crippen LogP contribution in [0.1, 0.15) is 13.3 Å². The Bertz CT molecular complexity index is 1260. The second kappa shape index (κ2) is 10.5. The number of alkyl halides is 1. The van der Waals surface area contributed by atoms with Gasteiger partial charge in [-0.15, -0.1) is 0 Å². The third-order valence-electron chi connectivity index (χ3n) is 5.95. The fraction of sp³-hybridized carbons (Fsp3) is 0.480. The summed E-state index contributed by atoms with van der Waals surface area (Å²) in [7, 11) is 0.178. The van der Waals surface area contributed by atoms with Crippen LogP contribution >= 0.6 is 0 Å². The summed E-state index contributed by atoms with van der Waals surface area (Å²) in [4.78, 5) is 21.0. The highest BCUT2D eigenvalue weighted by Crippen LogP contribution is 2.43. The van der Waals surface area contributed by atoms with Crippen molar-refractivity contribution in [2.24, 2.45) is 5.92 Å². The number of ether oxygens (including phenoxy) is 3. The Morgan fingerprint density at radius 2 is 2.06 bits per heavy atom. The van der Waals surface area contributed by atoms with Gasteiger partial charge in [0.1, 0.15) is 24.4 Å². The third-order valence-corrected chi connectivity index (χ3v) is 7.66. The largest absolute Gasteiger partial charge is 0.490 e. The van der Waals surface area contributed by atoms with Crippen molar-refractivity contribution in [2.75, 3.05) is 25.6 Å². The number of carbonyl (C=O) groups excluding carboxylic acids is 1. The number of fused-ring (bicyclic) bond motifs is 1. The lowest BCUT2D eigenvalue weighted by molar-refractivity contribution is -0.117. The lowest BCUT2D eigenvalue weighted by Crippen LogP contribution is -2.22. The van der Waals surface area contributed by atoms with Crippen LogP contribution in [-0.4, -0.2) is 55.0 Å². The second-order valence-electron chi connectivity index (χ2n) is 10.0. The van der Waals surface area contributed by atoms with Crippen LogP contribution in [0, 0.1) is 11.7 Å². The summed E-state index contributed by atoms with van der Waals surface area (Å²) in [6, 6.07) is 4.40. The highest BCUT2D eigenvalue weighted by molar-refractivity contribution is 6.76. The number of pyridine rings is 2. The van der Waals surface area contributed by atoms with Crippen LogP contribution in [0.15, 0.2) is 24.5 Å². The van der Waals surface area contributed by atoms with Crippen LogP contribution in [0.5, 0.6) is 11.6 Å². The molecule has 11 heteroatoms. The van der Waals surface area contributed by atoms with E-state index in [9.17, 15) is 13.6 Å². The molecule has 0 saturated heterocycles. The molecular formula is C25H32F2N4O4Si. The standard InChI is InChI=1S/C25H32F2N4O4Si/c1-6-35-22-19(27)12-28-25(33-2)21(22)17-13-31(14-34-9-10-36(3,4)5)23-15(17)7-8-20(29-23)30-24(32)16-11-18(16)26/h7-8,12-13,16,18H,6,9-11,14H2,1-5H3,(H,29,30,32)/t16-,18+/m1/s1. The molecule has 0 unspecified atom stereocenters. The highest BCUT2D eigenvalue weighted by Gasteiger charge is 2.43. The van der Waals surface area contributed by atoms with Crippen molar-refractivity contribution in [2.45, 2.75) is 51.9 Å². The van der Waals surface area contributed by atoms with E-state index in [1.54, 1.807) is 29.8 Å². The first-order valence-corrected chi connectivity index (χ1v) is 15.7. The van der Waals surface area contributed by atoms with Gasteiger partial charge in [0.05, 0.1) is 31.4 Å². The number of aromatic nitrogens is 3. The van der Waals surface area contributed by atoms with Gasteiger partial charge in [0.15, 0.2) is 11.6 Å². The number of hydrogen-bond donors (Lipinski definition) is 1. The van der Waals surface area contributed by atoms with Crippen molar-refractivity contribution in [3.05, 3.63) is 30.3 Å². The number of nitrogens with one attached hydrogen (secondary N) is 1. The minimum atomic E-state index is -1.28. The van der Waals surface area contributed by atoms with Gasteiger partial charge in [0.2, 0.25) is 11.8 Å². The van der Waals surface area contributed by atoms with Crippen LogP contribution in [0.25, 0.3) is 22.2 Å². The molecule has 194 valence electrons. The maximum atomic E-state index is 14.8. The van der Waals surface area contributed by atoms with E-state index in [-0.39, 0.29) is 31.4 Å². The molecule has 0 spiro atoms. The Kier molecular flexibility index (Phi) is 7.60. The fourth-order valence-corrected chi connectivity index (χ4v) is 4.62. The van der Waals surface area contributed by atoms with Crippen molar-refractivity contribution in [1.29, 1.82) is 0 Å². The Morgan fingerprint density at radius 3 is 2.69 bits per heavy atom. The third kappa shape index (κ3) is 5.67. The molecule has 1 aliphatic carbocycles. The van der Waals surface area contributed by atoms with E-state index in [0.29, 0.717) is 34.6 Å². The summed E-state index contributed by atoms with van der Waals surface area (Å²) in [5.41, 5.74) is 1.47. The summed E-state index contributed by atoms with van der Waals surface area (Å²) >= 11 is 0. The maximum Gasteiger partial charge on any atom is 0.231 e. The van der Waals surface area contributed by atoms with Gasteiger partial charge in [-0.3, -0.25) is 4.79 Å². The quantitative estimate of drug-likeness (QED) is 0.275. The van der Waals surface area contributed by atoms with Crippen LogP contribution < -0.4 is 14.8 Å². The molecule has 1 fully saturated rings. The van der Waals surface area contributed by atoms with Crippen LogP contribution in [0.4, 0.5) is 14.6 Å². The normalized spacial score (nSPS) is 17.3. The number of nitrogens with zero attached hydrogens (tertiary/aromatic N) is 3. The molecule has 0 aliphatic heterocycles. The van der Waals surface area contributed by atoms with Gasteiger partial charge in [-0.05, 0) is 31.5 Å². The van der Waals surface area contributed by atoms with E-state index in [0.717, 1.165) is 12.2 Å². The average molecular weight is 519 g/mol. The lowest BCUT2D eigenvalue weighted by atomic mass is 10.1. The summed E-state index contributed by atoms with van der Waals surface area (Å²) in [5, 5.41) is 3.36. The van der Waals surface area contributed by atoms with Gasteiger partial charge in [-0.2, -0.15) is 0 Å². The van der Waals surface area contributed by atoms with Gasteiger partial charge in [0, 0.05) is 31.8 Å². The molecule has 4 rings (SSSR count). The van der Waals surface area contributed by atoms with E-state index in [4.69, 9.17) is 14.2 Å². The Hall–Kier alpha value is -3.05. The summed E-state index contributed by atoms with van der Waals surface area (Å²) in [6.45, 7) is 9.64. The van der Waals surface area contributed by atoms with Crippen molar-refractivity contribution in [1.82, 2.24) is 14.5 Å². The molecule has 0 bridgehead atoms. The second-order valence-corrected chi connectivity index (χ2v) is 15.6. The molecule has 1 saturated carbocycles. The minimum absolute atomic E-state index is 0.0307. The van der Waals surface area contributed by atoms with Gasteiger partial charge < -0.3 is 24.1 Å². The van der Waals surface area contributed by atoms with Gasteiger partial charge in [-0.25, -0.2) is 18.7 Å². The molecule has 0 aromatic carbocycles. The van der Waals surface area contributed by atoms with Gasteiger partial charge in [-0.1, -0.05) is 19.6 Å². The molecule has 3 heterocycles. The van der Waals surface area contributed by atoms with Crippen molar-refractivity contribution in [3.63, 3.8) is 0 Å². The number of amides is 1. The predicted molar refractivity (Wildman–Crippen MR) is 136 cm³/mol. The maximum absolute atomic E-state index is 14.8. The topological polar surface area (TPSA) is 87.5 Å². The van der Waals surface area contributed by atoms with Crippen molar-refractivity contribution >= 4 is 30.8 Å². The number of methoxy groups -OCH3 is 1. The SMILES string of the molecule is CCOc1c(F)cnc(OC)c1-c1cn(COCC[Si](C)(C)C)c2nc(NC(=O)[C@@H]3C[C@@H]3F)ccc12. The minimum Gasteiger partial charge on any atom is -0.490 e. The van der Waals surface area contributed by atoms with E-state index >= 15 is 0 Å². The molecule has 36 heavy (non-hydrogen) atoms. The molecule has 3 aromatic heterocycles. The van der Waals surface area contributed by atoms with Gasteiger partial charge in [0.25, 0.3) is 0 Å². The van der Waals surface area contributed by atoms with E-state index in [2.05, 4.69) is 34.9 Å². The summed E-state index contributed by atoms with van der Waals surface area (Å²) in [6.07, 6.45) is 1.98. The first-order chi connectivity index (χ1) is 17.1. The Labute approximate surface area is 210 Å². The van der Waals surface area contributed by atoms with Crippen molar-refractivity contribution in [3.8, 4) is 22.8 Å². The molecule has 2 atom stereocenters. The highest BCUT2D eigenvalue weighted by atomic mass is 28.3.